The van der Waals surface area contributed by atoms with Gasteiger partial charge in [-0.05, 0) is 12.1 Å². The maximum Gasteiger partial charge on any atom is 0.126 e. The summed E-state index contributed by atoms with van der Waals surface area (Å²) in [5.41, 5.74) is 3.58. The van der Waals surface area contributed by atoms with Crippen molar-refractivity contribution in [3.63, 3.8) is 0 Å². The van der Waals surface area contributed by atoms with Gasteiger partial charge in [0, 0.05) is 35.3 Å². The van der Waals surface area contributed by atoms with Crippen molar-refractivity contribution in [2.24, 2.45) is 7.05 Å². The molecule has 18 heavy (non-hydrogen) atoms. The molecule has 0 atom stereocenters. The second-order valence-electron chi connectivity index (χ2n) is 4.37. The van der Waals surface area contributed by atoms with Gasteiger partial charge in [0.25, 0.3) is 0 Å². The van der Waals surface area contributed by atoms with E-state index in [0.29, 0.717) is 0 Å². The molecule has 0 saturated carbocycles. The van der Waals surface area contributed by atoms with E-state index < -0.39 is 0 Å². The van der Waals surface area contributed by atoms with Crippen LogP contribution in [0.4, 0.5) is 0 Å². The van der Waals surface area contributed by atoms with Crippen molar-refractivity contribution in [3.05, 3.63) is 54.7 Å². The largest absolute Gasteiger partial charge is 0.496 e. The Bertz CT molecular complexity index is 697. The number of rotatable bonds is 2. The first-order valence-electron chi connectivity index (χ1n) is 5.98. The number of benzene rings is 2. The number of fused-ring (bicyclic) bond motifs is 1. The molecular formula is C16H15NO. The Kier molecular flexibility index (Phi) is 2.56. The number of aryl methyl sites for hydroxylation is 1. The molecule has 0 spiro atoms. The Labute approximate surface area is 106 Å². The Morgan fingerprint density at radius 1 is 0.889 bits per heavy atom. The van der Waals surface area contributed by atoms with Crippen LogP contribution in [-0.4, -0.2) is 11.7 Å². The van der Waals surface area contributed by atoms with Gasteiger partial charge in [0.15, 0.2) is 0 Å². The number of hydrogen-bond donors (Lipinski definition) is 0. The second-order valence-corrected chi connectivity index (χ2v) is 4.37. The molecule has 2 aromatic carbocycles. The zero-order chi connectivity index (χ0) is 12.5. The van der Waals surface area contributed by atoms with Crippen LogP contribution in [0.3, 0.4) is 0 Å². The second kappa shape index (κ2) is 4.22. The summed E-state index contributed by atoms with van der Waals surface area (Å²) in [5, 5.41) is 1.25. The zero-order valence-corrected chi connectivity index (χ0v) is 10.6. The summed E-state index contributed by atoms with van der Waals surface area (Å²) in [6, 6.07) is 16.5. The molecule has 0 unspecified atom stereocenters. The topological polar surface area (TPSA) is 14.2 Å². The summed E-state index contributed by atoms with van der Waals surface area (Å²) in [5.74, 6) is 0.911. The monoisotopic (exact) mass is 237 g/mol. The minimum Gasteiger partial charge on any atom is -0.496 e. The first kappa shape index (κ1) is 10.9. The molecule has 2 nitrogen and oxygen atoms in total. The van der Waals surface area contributed by atoms with Gasteiger partial charge in [-0.25, -0.2) is 0 Å². The normalized spacial score (nSPS) is 10.8. The molecule has 0 radical (unpaired) electrons. The molecular weight excluding hydrogens is 222 g/mol. The van der Waals surface area contributed by atoms with Gasteiger partial charge < -0.3 is 9.30 Å². The van der Waals surface area contributed by atoms with Crippen molar-refractivity contribution in [2.75, 3.05) is 7.11 Å². The molecule has 0 bridgehead atoms. The molecule has 3 rings (SSSR count). The Hall–Kier alpha value is -2.22. The minimum absolute atomic E-state index is 0.911. The average molecular weight is 237 g/mol. The van der Waals surface area contributed by atoms with E-state index in [1.807, 2.05) is 18.2 Å². The number of methoxy groups -OCH3 is 1. The van der Waals surface area contributed by atoms with Gasteiger partial charge >= 0.3 is 0 Å². The highest BCUT2D eigenvalue weighted by Crippen LogP contribution is 2.35. The lowest BCUT2D eigenvalue weighted by atomic mass is 10.0. The van der Waals surface area contributed by atoms with E-state index in [0.717, 1.165) is 11.3 Å². The van der Waals surface area contributed by atoms with Crippen molar-refractivity contribution in [1.29, 1.82) is 0 Å². The summed E-state index contributed by atoms with van der Waals surface area (Å²) in [7, 11) is 3.78. The highest BCUT2D eigenvalue weighted by atomic mass is 16.5. The molecule has 0 saturated heterocycles. The number of ether oxygens (including phenoxy) is 1. The van der Waals surface area contributed by atoms with Crippen LogP contribution in [0, 0.1) is 0 Å². The zero-order valence-electron chi connectivity index (χ0n) is 10.6. The third-order valence-electron chi connectivity index (χ3n) is 3.29. The fourth-order valence-corrected chi connectivity index (χ4v) is 2.42. The van der Waals surface area contributed by atoms with Crippen molar-refractivity contribution >= 4 is 10.9 Å². The first-order chi connectivity index (χ1) is 8.81. The molecule has 3 aromatic rings. The molecule has 0 N–H and O–H groups in total. The third kappa shape index (κ3) is 1.58. The van der Waals surface area contributed by atoms with Crippen LogP contribution < -0.4 is 4.74 Å². The van der Waals surface area contributed by atoms with Crippen molar-refractivity contribution < 1.29 is 4.74 Å². The fourth-order valence-electron chi connectivity index (χ4n) is 2.42. The van der Waals surface area contributed by atoms with Crippen LogP contribution >= 0.6 is 0 Å². The lowest BCUT2D eigenvalue weighted by molar-refractivity contribution is 0.416. The standard InChI is InChI=1S/C16H15NO/c1-17-11-14(12-7-3-5-9-15(12)17)13-8-4-6-10-16(13)18-2/h3-11H,1-2H3. The Morgan fingerprint density at radius 2 is 1.61 bits per heavy atom. The van der Waals surface area contributed by atoms with Crippen LogP contribution in [0.1, 0.15) is 0 Å². The summed E-state index contributed by atoms with van der Waals surface area (Å²) in [6.07, 6.45) is 2.16. The van der Waals surface area contributed by atoms with Gasteiger partial charge in [-0.3, -0.25) is 0 Å². The molecule has 0 fully saturated rings. The number of hydrogen-bond acceptors (Lipinski definition) is 1. The molecule has 0 amide bonds. The molecule has 1 heterocycles. The lowest BCUT2D eigenvalue weighted by Gasteiger charge is -2.06. The molecule has 1 aromatic heterocycles. The van der Waals surface area contributed by atoms with Gasteiger partial charge in [-0.15, -0.1) is 0 Å². The third-order valence-corrected chi connectivity index (χ3v) is 3.29. The van der Waals surface area contributed by atoms with Crippen LogP contribution in [0.5, 0.6) is 5.75 Å². The Balaban J connectivity index is 2.32. The highest BCUT2D eigenvalue weighted by Gasteiger charge is 2.11. The predicted molar refractivity (Wildman–Crippen MR) is 74.9 cm³/mol. The molecule has 0 aliphatic carbocycles. The molecule has 90 valence electrons. The summed E-state index contributed by atoms with van der Waals surface area (Å²) >= 11 is 0. The lowest BCUT2D eigenvalue weighted by Crippen LogP contribution is -1.86. The van der Waals surface area contributed by atoms with Crippen LogP contribution in [0.2, 0.25) is 0 Å². The molecule has 0 aliphatic heterocycles. The predicted octanol–water partition coefficient (Wildman–Crippen LogP) is 3.85. The van der Waals surface area contributed by atoms with E-state index in [-0.39, 0.29) is 0 Å². The number of aromatic nitrogens is 1. The number of para-hydroxylation sites is 2. The van der Waals surface area contributed by atoms with E-state index in [1.54, 1.807) is 7.11 Å². The van der Waals surface area contributed by atoms with E-state index in [9.17, 15) is 0 Å². The molecule has 0 aliphatic rings. The van der Waals surface area contributed by atoms with Crippen LogP contribution in [-0.2, 0) is 7.05 Å². The van der Waals surface area contributed by atoms with E-state index in [4.69, 9.17) is 4.74 Å². The van der Waals surface area contributed by atoms with Crippen LogP contribution in [0.15, 0.2) is 54.7 Å². The van der Waals surface area contributed by atoms with Crippen molar-refractivity contribution in [2.45, 2.75) is 0 Å². The maximum atomic E-state index is 5.45. The van der Waals surface area contributed by atoms with Gasteiger partial charge in [-0.1, -0.05) is 36.4 Å². The van der Waals surface area contributed by atoms with Crippen LogP contribution in [0.25, 0.3) is 22.0 Å². The summed E-state index contributed by atoms with van der Waals surface area (Å²) in [6.45, 7) is 0. The quantitative estimate of drug-likeness (QED) is 0.660. The maximum absolute atomic E-state index is 5.45. The van der Waals surface area contributed by atoms with E-state index in [2.05, 4.69) is 48.1 Å². The summed E-state index contributed by atoms with van der Waals surface area (Å²) < 4.78 is 7.60. The summed E-state index contributed by atoms with van der Waals surface area (Å²) in [4.78, 5) is 0. The first-order valence-corrected chi connectivity index (χ1v) is 5.98. The van der Waals surface area contributed by atoms with Crippen molar-refractivity contribution in [1.82, 2.24) is 4.57 Å². The van der Waals surface area contributed by atoms with E-state index >= 15 is 0 Å². The van der Waals surface area contributed by atoms with E-state index in [1.165, 1.54) is 16.5 Å². The van der Waals surface area contributed by atoms with Gasteiger partial charge in [0.2, 0.25) is 0 Å². The Morgan fingerprint density at radius 3 is 2.44 bits per heavy atom. The fraction of sp³-hybridized carbons (Fsp3) is 0.125. The SMILES string of the molecule is COc1ccccc1-c1cn(C)c2ccccc12. The number of nitrogens with zero attached hydrogens (tertiary/aromatic N) is 1. The highest BCUT2D eigenvalue weighted by molar-refractivity contribution is 5.97. The van der Waals surface area contributed by atoms with Gasteiger partial charge in [0.05, 0.1) is 7.11 Å². The molecule has 2 heteroatoms. The minimum atomic E-state index is 0.911. The average Bonchev–Trinajstić information content (AvgIpc) is 2.77. The van der Waals surface area contributed by atoms with Gasteiger partial charge in [0.1, 0.15) is 5.75 Å². The smallest absolute Gasteiger partial charge is 0.126 e. The van der Waals surface area contributed by atoms with Gasteiger partial charge in [-0.2, -0.15) is 0 Å². The van der Waals surface area contributed by atoms with Crippen molar-refractivity contribution in [3.8, 4) is 16.9 Å².